The molecule has 28 heavy (non-hydrogen) atoms. The van der Waals surface area contributed by atoms with E-state index in [9.17, 15) is 9.59 Å². The number of hydrogen-bond donors (Lipinski definition) is 0. The number of aromatic nitrogens is 2. The molecule has 7 nitrogen and oxygen atoms in total. The van der Waals surface area contributed by atoms with E-state index in [1.807, 2.05) is 25.1 Å². The van der Waals surface area contributed by atoms with Crippen molar-refractivity contribution in [1.82, 2.24) is 9.97 Å². The van der Waals surface area contributed by atoms with Gasteiger partial charge in [-0.15, -0.1) is 11.3 Å². The zero-order chi connectivity index (χ0) is 19.9. The highest BCUT2D eigenvalue weighted by molar-refractivity contribution is 7.14. The Kier molecular flexibility index (Phi) is 6.33. The van der Waals surface area contributed by atoms with Gasteiger partial charge < -0.3 is 9.47 Å². The summed E-state index contributed by atoms with van der Waals surface area (Å²) in [4.78, 5) is 34.2. The van der Waals surface area contributed by atoms with Crippen molar-refractivity contribution in [2.24, 2.45) is 0 Å². The summed E-state index contributed by atoms with van der Waals surface area (Å²) in [6.07, 6.45) is 1.54. The van der Waals surface area contributed by atoms with E-state index in [-0.39, 0.29) is 24.0 Å². The van der Waals surface area contributed by atoms with Gasteiger partial charge in [-0.3, -0.25) is 9.69 Å². The van der Waals surface area contributed by atoms with Crippen LogP contribution in [-0.4, -0.2) is 28.4 Å². The van der Waals surface area contributed by atoms with Gasteiger partial charge in [-0.2, -0.15) is 0 Å². The van der Waals surface area contributed by atoms with Crippen LogP contribution in [0.2, 0.25) is 0 Å². The molecule has 0 atom stereocenters. The predicted molar refractivity (Wildman–Crippen MR) is 106 cm³/mol. The van der Waals surface area contributed by atoms with Crippen LogP contribution in [-0.2, 0) is 16.1 Å². The molecule has 0 saturated heterocycles. The largest absolute Gasteiger partial charge is 0.455 e. The highest BCUT2D eigenvalue weighted by Crippen LogP contribution is 2.24. The van der Waals surface area contributed by atoms with Crippen molar-refractivity contribution in [2.75, 3.05) is 11.4 Å². The number of anilines is 1. The maximum Gasteiger partial charge on any atom is 0.344 e. The number of benzene rings is 1. The average Bonchev–Trinajstić information content (AvgIpc) is 3.16. The first-order valence-corrected chi connectivity index (χ1v) is 9.54. The van der Waals surface area contributed by atoms with Crippen molar-refractivity contribution in [2.45, 2.75) is 20.5 Å². The molecule has 2 heterocycles. The number of nitrogens with zero attached hydrogens (tertiary/aromatic N) is 3. The number of pyridine rings is 1. The Labute approximate surface area is 166 Å². The highest BCUT2D eigenvalue weighted by Gasteiger charge is 2.18. The van der Waals surface area contributed by atoms with E-state index in [0.717, 1.165) is 0 Å². The number of rotatable bonds is 7. The van der Waals surface area contributed by atoms with Gasteiger partial charge in [0.25, 0.3) is 0 Å². The molecule has 3 aromatic rings. The van der Waals surface area contributed by atoms with Gasteiger partial charge in [-0.25, -0.2) is 14.8 Å². The maximum atomic E-state index is 12.5. The minimum absolute atomic E-state index is 0.00946. The van der Waals surface area contributed by atoms with E-state index in [4.69, 9.17) is 9.47 Å². The molecule has 0 aliphatic carbocycles. The lowest BCUT2D eigenvalue weighted by Gasteiger charge is -2.14. The molecular weight excluding hydrogens is 378 g/mol. The Balaban J connectivity index is 1.68. The molecule has 0 N–H and O–H groups in total. The van der Waals surface area contributed by atoms with E-state index >= 15 is 0 Å². The quantitative estimate of drug-likeness (QED) is 0.559. The maximum absolute atomic E-state index is 12.5. The zero-order valence-electron chi connectivity index (χ0n) is 15.5. The highest BCUT2D eigenvalue weighted by atomic mass is 32.1. The summed E-state index contributed by atoms with van der Waals surface area (Å²) in [5.74, 6) is 0.0978. The fraction of sp³-hybridized carbons (Fsp3) is 0.200. The smallest absolute Gasteiger partial charge is 0.344 e. The molecule has 0 fully saturated rings. The standard InChI is InChI=1S/C20H19N3O4S/c1-3-23(14(2)24)20-22-15(13-28-20)12-26-19(25)17-10-7-11-21-18(17)27-16-8-5-4-6-9-16/h4-11,13H,3,12H2,1-2H3. The monoisotopic (exact) mass is 397 g/mol. The number of para-hydroxylation sites is 1. The van der Waals surface area contributed by atoms with Crippen LogP contribution in [0.4, 0.5) is 5.13 Å². The van der Waals surface area contributed by atoms with Gasteiger partial charge in [0.2, 0.25) is 11.8 Å². The van der Waals surface area contributed by atoms with E-state index in [0.29, 0.717) is 23.1 Å². The molecule has 8 heteroatoms. The number of ether oxygens (including phenoxy) is 2. The van der Waals surface area contributed by atoms with E-state index in [1.54, 1.807) is 40.7 Å². The second kappa shape index (κ2) is 9.09. The van der Waals surface area contributed by atoms with E-state index in [2.05, 4.69) is 9.97 Å². The van der Waals surface area contributed by atoms with Crippen LogP contribution in [0, 0.1) is 0 Å². The molecular formula is C20H19N3O4S. The lowest BCUT2D eigenvalue weighted by Crippen LogP contribution is -2.27. The van der Waals surface area contributed by atoms with E-state index in [1.165, 1.54) is 18.3 Å². The minimum atomic E-state index is -0.563. The first kappa shape index (κ1) is 19.5. The van der Waals surface area contributed by atoms with Gasteiger partial charge in [0.05, 0.1) is 5.69 Å². The van der Waals surface area contributed by atoms with Crippen LogP contribution >= 0.6 is 11.3 Å². The van der Waals surface area contributed by atoms with Crippen molar-refractivity contribution in [3.05, 3.63) is 65.3 Å². The van der Waals surface area contributed by atoms with Crippen LogP contribution in [0.1, 0.15) is 29.9 Å². The van der Waals surface area contributed by atoms with Gasteiger partial charge in [0.1, 0.15) is 17.9 Å². The van der Waals surface area contributed by atoms with Crippen molar-refractivity contribution in [1.29, 1.82) is 0 Å². The Bertz CT molecular complexity index is 959. The number of esters is 1. The Morgan fingerprint density at radius 1 is 1.14 bits per heavy atom. The van der Waals surface area contributed by atoms with Gasteiger partial charge in [0.15, 0.2) is 5.13 Å². The first-order chi connectivity index (χ1) is 13.6. The topological polar surface area (TPSA) is 81.6 Å². The van der Waals surface area contributed by atoms with Crippen molar-refractivity contribution in [3.63, 3.8) is 0 Å². The second-order valence-corrected chi connectivity index (χ2v) is 6.57. The van der Waals surface area contributed by atoms with Crippen molar-refractivity contribution >= 4 is 28.3 Å². The average molecular weight is 397 g/mol. The van der Waals surface area contributed by atoms with Crippen LogP contribution in [0.25, 0.3) is 0 Å². The minimum Gasteiger partial charge on any atom is -0.455 e. The van der Waals surface area contributed by atoms with Crippen LogP contribution in [0.3, 0.4) is 0 Å². The fourth-order valence-electron chi connectivity index (χ4n) is 2.42. The predicted octanol–water partition coefficient (Wildman–Crippen LogP) is 4.06. The SMILES string of the molecule is CCN(C(C)=O)c1nc(COC(=O)c2cccnc2Oc2ccccc2)cs1. The summed E-state index contributed by atoms with van der Waals surface area (Å²) in [6.45, 7) is 3.88. The van der Waals surface area contributed by atoms with Crippen molar-refractivity contribution in [3.8, 4) is 11.6 Å². The molecule has 1 amide bonds. The number of carbonyl (C=O) groups excluding carboxylic acids is 2. The summed E-state index contributed by atoms with van der Waals surface area (Å²) in [5.41, 5.74) is 0.795. The third-order valence-corrected chi connectivity index (χ3v) is 4.68. The summed E-state index contributed by atoms with van der Waals surface area (Å²) in [6, 6.07) is 12.3. The molecule has 2 aromatic heterocycles. The molecule has 144 valence electrons. The lowest BCUT2D eigenvalue weighted by molar-refractivity contribution is -0.116. The van der Waals surface area contributed by atoms with Gasteiger partial charge in [-0.05, 0) is 31.2 Å². The molecule has 0 aliphatic rings. The molecule has 0 spiro atoms. The fourth-order valence-corrected chi connectivity index (χ4v) is 3.34. The summed E-state index contributed by atoms with van der Waals surface area (Å²) in [5, 5.41) is 2.34. The molecule has 0 radical (unpaired) electrons. The van der Waals surface area contributed by atoms with E-state index < -0.39 is 5.97 Å². The molecule has 0 saturated carbocycles. The van der Waals surface area contributed by atoms with Crippen LogP contribution in [0.15, 0.2) is 54.0 Å². The van der Waals surface area contributed by atoms with Crippen LogP contribution < -0.4 is 9.64 Å². The summed E-state index contributed by atoms with van der Waals surface area (Å²) < 4.78 is 11.1. The number of hydrogen-bond acceptors (Lipinski definition) is 7. The summed E-state index contributed by atoms with van der Waals surface area (Å²) >= 11 is 1.33. The second-order valence-electron chi connectivity index (χ2n) is 5.73. The van der Waals surface area contributed by atoms with Crippen LogP contribution in [0.5, 0.6) is 11.6 Å². The third-order valence-electron chi connectivity index (χ3n) is 3.77. The number of thiazole rings is 1. The molecule has 3 rings (SSSR count). The first-order valence-electron chi connectivity index (χ1n) is 8.66. The Hall–Kier alpha value is -3.26. The summed E-state index contributed by atoms with van der Waals surface area (Å²) in [7, 11) is 0. The Morgan fingerprint density at radius 2 is 1.93 bits per heavy atom. The van der Waals surface area contributed by atoms with Crippen molar-refractivity contribution < 1.29 is 19.1 Å². The molecule has 0 bridgehead atoms. The Morgan fingerprint density at radius 3 is 2.64 bits per heavy atom. The van der Waals surface area contributed by atoms with Gasteiger partial charge in [0, 0.05) is 25.0 Å². The molecule has 1 aromatic carbocycles. The van der Waals surface area contributed by atoms with Gasteiger partial charge in [-0.1, -0.05) is 18.2 Å². The third kappa shape index (κ3) is 4.72. The normalized spacial score (nSPS) is 10.4. The molecule has 0 unspecified atom stereocenters. The number of carbonyl (C=O) groups is 2. The zero-order valence-corrected chi connectivity index (χ0v) is 16.3. The number of amides is 1. The molecule has 0 aliphatic heterocycles. The van der Waals surface area contributed by atoms with Gasteiger partial charge >= 0.3 is 5.97 Å². The lowest BCUT2D eigenvalue weighted by atomic mass is 10.2.